The van der Waals surface area contributed by atoms with Gasteiger partial charge in [-0.15, -0.1) is 4.09 Å². The first kappa shape index (κ1) is 49.1. The van der Waals surface area contributed by atoms with E-state index in [4.69, 9.17) is 9.47 Å². The van der Waals surface area contributed by atoms with Gasteiger partial charge in [-0.25, -0.2) is 9.97 Å². The summed E-state index contributed by atoms with van der Waals surface area (Å²) in [7, 11) is -0.140. The summed E-state index contributed by atoms with van der Waals surface area (Å²) in [5.41, 5.74) is 7.01. The van der Waals surface area contributed by atoms with Crippen molar-refractivity contribution in [2.45, 2.75) is 93.0 Å². The Balaban J connectivity index is 0.000000183. The molecule has 4 aliphatic rings. The third kappa shape index (κ3) is 10.8. The van der Waals surface area contributed by atoms with Crippen LogP contribution in [0.1, 0.15) is 87.2 Å². The number of aryl methyl sites for hydroxylation is 2. The zero-order valence-corrected chi connectivity index (χ0v) is 41.8. The van der Waals surface area contributed by atoms with Crippen molar-refractivity contribution in [3.8, 4) is 22.5 Å². The van der Waals surface area contributed by atoms with Crippen LogP contribution in [0.2, 0.25) is 0 Å². The van der Waals surface area contributed by atoms with Crippen molar-refractivity contribution in [2.24, 2.45) is 14.1 Å². The summed E-state index contributed by atoms with van der Waals surface area (Å²) in [6, 6.07) is 14.1. The summed E-state index contributed by atoms with van der Waals surface area (Å²) in [6.45, 7) is 7.91. The van der Waals surface area contributed by atoms with E-state index in [1.54, 1.807) is 41.2 Å². The molecule has 2 aliphatic heterocycles. The smallest absolute Gasteiger partial charge is 0.870 e. The predicted octanol–water partition coefficient (Wildman–Crippen LogP) is 3.75. The molecule has 2 saturated heterocycles. The van der Waals surface area contributed by atoms with Gasteiger partial charge in [0.05, 0.1) is 36.2 Å². The van der Waals surface area contributed by atoms with Gasteiger partial charge in [-0.3, -0.25) is 24.3 Å². The van der Waals surface area contributed by atoms with E-state index in [1.807, 2.05) is 49.8 Å². The molecule has 7 aromatic rings. The number of benzene rings is 1. The minimum absolute atomic E-state index is 0. The number of H-pyrrole nitrogens is 1. The van der Waals surface area contributed by atoms with E-state index in [1.165, 1.54) is 37.8 Å². The van der Waals surface area contributed by atoms with Gasteiger partial charge < -0.3 is 14.9 Å². The number of pyridine rings is 2. The summed E-state index contributed by atoms with van der Waals surface area (Å²) in [6.07, 6.45) is 23.1. The molecule has 0 atom stereocenters. The largest absolute Gasteiger partial charge is 1.00 e. The molecule has 11 rings (SSSR count). The molecule has 0 unspecified atom stereocenters. The average Bonchev–Trinajstić information content (AvgIpc) is 4.07. The van der Waals surface area contributed by atoms with Gasteiger partial charge in [0.15, 0.2) is 11.3 Å². The molecule has 6 aromatic heterocycles. The number of ether oxygens (including phenoxy) is 2. The molecule has 17 nitrogen and oxygen atoms in total. The fourth-order valence-electron chi connectivity index (χ4n) is 10.6. The monoisotopic (exact) mass is 940 g/mol. The van der Waals surface area contributed by atoms with Gasteiger partial charge in [0.2, 0.25) is 0 Å². The van der Waals surface area contributed by atoms with Gasteiger partial charge >= 0.3 is 29.6 Å². The molecule has 0 amide bonds. The molecule has 350 valence electrons. The van der Waals surface area contributed by atoms with Crippen molar-refractivity contribution < 1.29 is 52.9 Å². The number of hydrogen-bond donors (Lipinski definition) is 1. The van der Waals surface area contributed by atoms with E-state index in [2.05, 4.69) is 57.4 Å². The first-order valence-electron chi connectivity index (χ1n) is 23.4. The second-order valence-corrected chi connectivity index (χ2v) is 20.0. The Kier molecular flexibility index (Phi) is 16.1. The van der Waals surface area contributed by atoms with Crippen LogP contribution in [0.15, 0.2) is 84.5 Å². The Morgan fingerprint density at radius 3 is 1.78 bits per heavy atom. The number of hydrogen-bond acceptors (Lipinski definition) is 13. The standard InChI is InChI=1S/C27H32N6O3S.C21H28N6O.Na.H2O/c1-31-19-22(18-29-31)26-25-16-21(20-8-10-23(11-9-20)32-12-5-14-36-15-13-32)17-28-27(25)33(30-26)37(34,35)24-6-3-2-4-7-24;1-26-14-17(13-23-26)20-19-11-16(12-22-21(19)25-24-20)15-3-5-18(6-4-15)27-7-2-9-28-10-8-27;;/h2-4,6-7,16-20,23H,5,8-15H2,1H3;11-15,18H,2-10H2,1H3,(H,22,24,25);;1H2/q;;+1;/p-1. The summed E-state index contributed by atoms with van der Waals surface area (Å²) in [4.78, 5) is 14.8. The van der Waals surface area contributed by atoms with E-state index in [0.717, 1.165) is 134 Å². The molecular weight excluding hydrogens is 880 g/mol. The average molecular weight is 941 g/mol. The Labute approximate surface area is 414 Å². The minimum atomic E-state index is -3.91. The fraction of sp³-hybridized carbons (Fsp3) is 0.500. The maximum atomic E-state index is 13.5. The number of fused-ring (bicyclic) bond motifs is 2. The van der Waals surface area contributed by atoms with Crippen LogP contribution >= 0.6 is 0 Å². The zero-order chi connectivity index (χ0) is 44.3. The van der Waals surface area contributed by atoms with E-state index < -0.39 is 10.0 Å². The molecule has 67 heavy (non-hydrogen) atoms. The molecule has 2 N–H and O–H groups in total. The molecule has 8 heterocycles. The van der Waals surface area contributed by atoms with Crippen molar-refractivity contribution in [1.29, 1.82) is 0 Å². The number of aromatic amines is 1. The minimum Gasteiger partial charge on any atom is -0.870 e. The summed E-state index contributed by atoms with van der Waals surface area (Å²) in [5, 5.41) is 22.5. The fourth-order valence-corrected chi connectivity index (χ4v) is 11.8. The van der Waals surface area contributed by atoms with Crippen LogP contribution in [0.4, 0.5) is 0 Å². The predicted molar refractivity (Wildman–Crippen MR) is 251 cm³/mol. The molecule has 19 heteroatoms. The van der Waals surface area contributed by atoms with Gasteiger partial charge in [-0.1, -0.05) is 18.2 Å². The van der Waals surface area contributed by atoms with Crippen LogP contribution in [0, 0.1) is 0 Å². The second-order valence-electron chi connectivity index (χ2n) is 18.2. The number of aromatic nitrogens is 10. The maximum absolute atomic E-state index is 13.5. The number of nitrogens with zero attached hydrogens (tertiary/aromatic N) is 11. The summed E-state index contributed by atoms with van der Waals surface area (Å²) in [5.74, 6) is 0.986. The van der Waals surface area contributed by atoms with Crippen LogP contribution in [-0.2, 0) is 33.6 Å². The zero-order valence-electron chi connectivity index (χ0n) is 39.0. The number of nitrogens with one attached hydrogen (secondary N) is 1. The molecule has 0 radical (unpaired) electrons. The van der Waals surface area contributed by atoms with Crippen molar-refractivity contribution in [3.05, 3.63) is 90.8 Å². The van der Waals surface area contributed by atoms with Crippen LogP contribution in [0.25, 0.3) is 44.6 Å². The van der Waals surface area contributed by atoms with E-state index in [9.17, 15) is 8.42 Å². The molecule has 1 aromatic carbocycles. The third-order valence-corrected chi connectivity index (χ3v) is 15.6. The second kappa shape index (κ2) is 21.9. The van der Waals surface area contributed by atoms with E-state index in [0.29, 0.717) is 29.2 Å². The van der Waals surface area contributed by atoms with Gasteiger partial charge in [0.25, 0.3) is 10.0 Å². The van der Waals surface area contributed by atoms with Crippen LogP contribution < -0.4 is 29.6 Å². The third-order valence-electron chi connectivity index (χ3n) is 14.1. The topological polar surface area (TPSA) is 197 Å². The van der Waals surface area contributed by atoms with Gasteiger partial charge in [-0.05, 0) is 111 Å². The SMILES string of the molecule is Cn1cc(-c2[nH]nc3ncc(C4CCC(N5CCCOCC5)CC4)cc23)cn1.Cn1cc(-c2nn(S(=O)(=O)c3ccccc3)c3ncc(C4CCC(N5CCCOCC5)CC4)cc23)cn1.[Na+].[OH-]. The van der Waals surface area contributed by atoms with E-state index in [-0.39, 0.29) is 39.9 Å². The van der Waals surface area contributed by atoms with Crippen molar-refractivity contribution >= 4 is 32.1 Å². The quantitative estimate of drug-likeness (QED) is 0.217. The van der Waals surface area contributed by atoms with Crippen molar-refractivity contribution in [3.63, 3.8) is 0 Å². The first-order valence-corrected chi connectivity index (χ1v) is 24.9. The molecule has 2 aliphatic carbocycles. The Morgan fingerprint density at radius 2 is 1.21 bits per heavy atom. The molecule has 2 saturated carbocycles. The molecule has 0 spiro atoms. The maximum Gasteiger partial charge on any atom is 1.00 e. The van der Waals surface area contributed by atoms with Crippen LogP contribution in [0.5, 0.6) is 0 Å². The normalized spacial score (nSPS) is 22.2. The van der Waals surface area contributed by atoms with Gasteiger partial charge in [0, 0.05) is 112 Å². The van der Waals surface area contributed by atoms with Gasteiger partial charge in [-0.2, -0.15) is 28.8 Å². The van der Waals surface area contributed by atoms with Crippen molar-refractivity contribution in [2.75, 3.05) is 52.6 Å². The Hall–Kier alpha value is -4.37. The first-order chi connectivity index (χ1) is 31.8. The molecule has 0 bridgehead atoms. The van der Waals surface area contributed by atoms with Crippen molar-refractivity contribution in [1.82, 2.24) is 58.7 Å². The van der Waals surface area contributed by atoms with Gasteiger partial charge in [0.1, 0.15) is 5.69 Å². The number of rotatable bonds is 8. The Morgan fingerprint density at radius 1 is 0.657 bits per heavy atom. The summed E-state index contributed by atoms with van der Waals surface area (Å²) < 4.78 is 42.9. The Bertz CT molecular complexity index is 2800. The van der Waals surface area contributed by atoms with Crippen LogP contribution in [0.3, 0.4) is 0 Å². The molecular formula is C48H61N12NaO5S. The molecule has 4 fully saturated rings. The summed E-state index contributed by atoms with van der Waals surface area (Å²) >= 11 is 0. The van der Waals surface area contributed by atoms with Crippen LogP contribution in [-0.4, -0.2) is 137 Å². The van der Waals surface area contributed by atoms with E-state index >= 15 is 0 Å².